The smallest absolute Gasteiger partial charge is 0.239 e. The van der Waals surface area contributed by atoms with E-state index in [-0.39, 0.29) is 11.9 Å². The van der Waals surface area contributed by atoms with Gasteiger partial charge < -0.3 is 15.1 Å². The summed E-state index contributed by atoms with van der Waals surface area (Å²) in [6, 6.07) is 4.36. The third-order valence-electron chi connectivity index (χ3n) is 5.69. The van der Waals surface area contributed by atoms with Crippen LogP contribution in [0.25, 0.3) is 11.5 Å². The first-order valence-electron chi connectivity index (χ1n) is 10.1. The molecule has 1 unspecified atom stereocenters. The summed E-state index contributed by atoms with van der Waals surface area (Å²) in [6.45, 7) is 6.83. The normalized spacial score (nSPS) is 18.9. The summed E-state index contributed by atoms with van der Waals surface area (Å²) in [5.41, 5.74) is 6.94. The van der Waals surface area contributed by atoms with E-state index in [2.05, 4.69) is 44.2 Å². The van der Waals surface area contributed by atoms with Gasteiger partial charge in [0.1, 0.15) is 11.5 Å². The maximum atomic E-state index is 11.8. The molecular formula is C21H23N7OS. The quantitative estimate of drug-likeness (QED) is 0.695. The van der Waals surface area contributed by atoms with Crippen molar-refractivity contribution < 1.29 is 4.79 Å². The third kappa shape index (κ3) is 3.49. The highest BCUT2D eigenvalue weighted by Crippen LogP contribution is 2.34. The molecule has 30 heavy (non-hydrogen) atoms. The zero-order chi connectivity index (χ0) is 20.7. The first-order valence-corrected chi connectivity index (χ1v) is 11.0. The van der Waals surface area contributed by atoms with Crippen LogP contribution in [0, 0.1) is 6.92 Å². The molecule has 1 saturated heterocycles. The lowest BCUT2D eigenvalue weighted by Crippen LogP contribution is -2.48. The van der Waals surface area contributed by atoms with Gasteiger partial charge in [0.2, 0.25) is 5.91 Å². The van der Waals surface area contributed by atoms with E-state index >= 15 is 0 Å². The van der Waals surface area contributed by atoms with Crippen molar-refractivity contribution in [1.82, 2.24) is 25.3 Å². The minimum Gasteiger partial charge on any atom is -0.364 e. The molecule has 1 fully saturated rings. The molecule has 2 aliphatic heterocycles. The van der Waals surface area contributed by atoms with Crippen LogP contribution in [0.2, 0.25) is 0 Å². The van der Waals surface area contributed by atoms with Gasteiger partial charge in [0.05, 0.1) is 23.8 Å². The van der Waals surface area contributed by atoms with E-state index in [9.17, 15) is 4.79 Å². The number of anilines is 2. The minimum atomic E-state index is 0.0411. The maximum Gasteiger partial charge on any atom is 0.239 e. The fraction of sp³-hybridized carbons (Fsp3) is 0.381. The number of aromatic nitrogens is 4. The van der Waals surface area contributed by atoms with Crippen LogP contribution in [-0.4, -0.2) is 52.0 Å². The van der Waals surface area contributed by atoms with E-state index in [1.165, 1.54) is 0 Å². The van der Waals surface area contributed by atoms with Crippen molar-refractivity contribution in [3.63, 3.8) is 0 Å². The van der Waals surface area contributed by atoms with E-state index in [0.29, 0.717) is 18.9 Å². The number of aryl methyl sites for hydroxylation is 1. The predicted octanol–water partition coefficient (Wildman–Crippen LogP) is 2.36. The zero-order valence-electron chi connectivity index (χ0n) is 17.0. The highest BCUT2D eigenvalue weighted by Gasteiger charge is 2.27. The predicted molar refractivity (Wildman–Crippen MR) is 117 cm³/mol. The lowest BCUT2D eigenvalue weighted by atomic mass is 9.98. The number of fused-ring (bicyclic) bond motifs is 1. The summed E-state index contributed by atoms with van der Waals surface area (Å²) in [4.78, 5) is 34.6. The van der Waals surface area contributed by atoms with Crippen molar-refractivity contribution in [3.8, 4) is 11.5 Å². The van der Waals surface area contributed by atoms with Crippen LogP contribution in [-0.2, 0) is 11.2 Å². The summed E-state index contributed by atoms with van der Waals surface area (Å²) >= 11 is 1.55. The van der Waals surface area contributed by atoms with Gasteiger partial charge in [0, 0.05) is 60.6 Å². The molecule has 3 aromatic rings. The van der Waals surface area contributed by atoms with Gasteiger partial charge in [-0.05, 0) is 19.9 Å². The summed E-state index contributed by atoms with van der Waals surface area (Å²) in [5, 5.41) is 4.85. The third-order valence-corrected chi connectivity index (χ3v) is 6.27. The van der Waals surface area contributed by atoms with E-state index in [0.717, 1.165) is 53.7 Å². The lowest BCUT2D eigenvalue weighted by Gasteiger charge is -2.37. The van der Waals surface area contributed by atoms with Gasteiger partial charge in [-0.25, -0.2) is 19.9 Å². The average molecular weight is 422 g/mol. The second-order valence-corrected chi connectivity index (χ2v) is 8.40. The Bertz CT molecular complexity index is 1080. The molecule has 2 aliphatic rings. The van der Waals surface area contributed by atoms with Gasteiger partial charge >= 0.3 is 0 Å². The SMILES string of the molecule is Cc1cc(N2CCc3nc(-c4cscn4)ncc3C2C)cc(N2CCNC(=O)C2)n1. The van der Waals surface area contributed by atoms with Crippen LogP contribution in [0.4, 0.5) is 11.5 Å². The van der Waals surface area contributed by atoms with Gasteiger partial charge in [0.25, 0.3) is 0 Å². The van der Waals surface area contributed by atoms with Crippen molar-refractivity contribution in [2.45, 2.75) is 26.3 Å². The number of nitrogens with zero attached hydrogens (tertiary/aromatic N) is 6. The Morgan fingerprint density at radius 1 is 1.20 bits per heavy atom. The molecule has 9 heteroatoms. The van der Waals surface area contributed by atoms with Crippen LogP contribution in [0.15, 0.2) is 29.2 Å². The fourth-order valence-electron chi connectivity index (χ4n) is 4.16. The molecule has 0 spiro atoms. The molecular weight excluding hydrogens is 398 g/mol. The topological polar surface area (TPSA) is 87.1 Å². The van der Waals surface area contributed by atoms with Gasteiger partial charge in [-0.3, -0.25) is 4.79 Å². The first-order chi connectivity index (χ1) is 14.6. The zero-order valence-corrected chi connectivity index (χ0v) is 17.8. The Hall–Kier alpha value is -3.07. The molecule has 0 saturated carbocycles. The Balaban J connectivity index is 1.44. The first kappa shape index (κ1) is 18.9. The maximum absolute atomic E-state index is 11.8. The molecule has 0 aliphatic carbocycles. The molecule has 8 nitrogen and oxygen atoms in total. The fourth-order valence-corrected chi connectivity index (χ4v) is 4.69. The Morgan fingerprint density at radius 3 is 2.90 bits per heavy atom. The molecule has 0 radical (unpaired) electrons. The molecule has 0 aromatic carbocycles. The van der Waals surface area contributed by atoms with Crippen LogP contribution in [0.1, 0.15) is 29.9 Å². The summed E-state index contributed by atoms with van der Waals surface area (Å²) in [5.74, 6) is 1.59. The summed E-state index contributed by atoms with van der Waals surface area (Å²) < 4.78 is 0. The number of nitrogens with one attached hydrogen (secondary N) is 1. The largest absolute Gasteiger partial charge is 0.364 e. The number of piperazine rings is 1. The van der Waals surface area contributed by atoms with Crippen molar-refractivity contribution in [1.29, 1.82) is 0 Å². The van der Waals surface area contributed by atoms with Gasteiger partial charge in [-0.2, -0.15) is 0 Å². The van der Waals surface area contributed by atoms with E-state index in [4.69, 9.17) is 4.98 Å². The van der Waals surface area contributed by atoms with E-state index in [1.54, 1.807) is 16.8 Å². The summed E-state index contributed by atoms with van der Waals surface area (Å²) in [6.07, 6.45) is 2.79. The second kappa shape index (κ2) is 7.64. The highest BCUT2D eigenvalue weighted by atomic mass is 32.1. The lowest BCUT2D eigenvalue weighted by molar-refractivity contribution is -0.120. The number of pyridine rings is 1. The van der Waals surface area contributed by atoms with Crippen LogP contribution in [0.5, 0.6) is 0 Å². The Morgan fingerprint density at radius 2 is 2.10 bits per heavy atom. The number of hydrogen-bond donors (Lipinski definition) is 1. The molecule has 1 N–H and O–H groups in total. The van der Waals surface area contributed by atoms with E-state index in [1.807, 2.05) is 23.4 Å². The van der Waals surface area contributed by atoms with Gasteiger partial charge in [-0.15, -0.1) is 11.3 Å². The van der Waals surface area contributed by atoms with Crippen molar-refractivity contribution in [2.75, 3.05) is 36.0 Å². The monoisotopic (exact) mass is 421 g/mol. The van der Waals surface area contributed by atoms with Crippen molar-refractivity contribution >= 4 is 28.7 Å². The van der Waals surface area contributed by atoms with Crippen molar-refractivity contribution in [3.05, 3.63) is 46.2 Å². The Labute approximate surface area is 179 Å². The van der Waals surface area contributed by atoms with Gasteiger partial charge in [0.15, 0.2) is 5.82 Å². The van der Waals surface area contributed by atoms with Crippen LogP contribution < -0.4 is 15.1 Å². The van der Waals surface area contributed by atoms with Crippen LogP contribution in [0.3, 0.4) is 0 Å². The molecule has 1 amide bonds. The standard InChI is InChI=1S/C21H23N7OS/c1-13-7-15(8-19(25-13)27-6-4-22-20(29)10-27)28-5-3-17-16(14(28)2)9-23-21(26-17)18-11-30-12-24-18/h7-9,11-12,14H,3-6,10H2,1-2H3,(H,22,29). The van der Waals surface area contributed by atoms with Gasteiger partial charge in [-0.1, -0.05) is 0 Å². The minimum absolute atomic E-state index is 0.0411. The number of carbonyl (C=O) groups excluding carboxylic acids is 1. The molecule has 5 heterocycles. The number of carbonyl (C=O) groups is 1. The molecule has 0 bridgehead atoms. The van der Waals surface area contributed by atoms with Crippen molar-refractivity contribution in [2.24, 2.45) is 0 Å². The molecule has 154 valence electrons. The molecule has 5 rings (SSSR count). The molecule has 3 aromatic heterocycles. The summed E-state index contributed by atoms with van der Waals surface area (Å²) in [7, 11) is 0. The van der Waals surface area contributed by atoms with E-state index < -0.39 is 0 Å². The highest BCUT2D eigenvalue weighted by molar-refractivity contribution is 7.07. The number of amides is 1. The Kier molecular flexibility index (Phi) is 4.82. The number of rotatable bonds is 3. The van der Waals surface area contributed by atoms with Crippen LogP contribution >= 0.6 is 11.3 Å². The average Bonchev–Trinajstić information content (AvgIpc) is 3.28. The number of thiazole rings is 1. The molecule has 1 atom stereocenters. The number of hydrogen-bond acceptors (Lipinski definition) is 8. The second-order valence-electron chi connectivity index (χ2n) is 7.69.